The molecule has 0 aliphatic heterocycles. The number of carbonyl (C=O) groups excluding carboxylic acids is 1. The fourth-order valence-electron chi connectivity index (χ4n) is 1.25. The number of para-hydroxylation sites is 1. The number of thiocarbonyl (C=S) groups is 1. The Hall–Kier alpha value is -1.82. The minimum atomic E-state index is -0.271. The van der Waals surface area contributed by atoms with Crippen molar-refractivity contribution in [2.75, 3.05) is 26.5 Å². The van der Waals surface area contributed by atoms with E-state index >= 15 is 0 Å². The summed E-state index contributed by atoms with van der Waals surface area (Å²) in [5.41, 5.74) is 6.67. The van der Waals surface area contributed by atoms with Crippen LogP contribution in [0.5, 0.6) is 5.75 Å². The van der Waals surface area contributed by atoms with Gasteiger partial charge in [0.1, 0.15) is 10.7 Å². The summed E-state index contributed by atoms with van der Waals surface area (Å²) in [7, 11) is 4.81. The van der Waals surface area contributed by atoms with Gasteiger partial charge in [0.05, 0.1) is 12.8 Å². The first-order valence-electron chi connectivity index (χ1n) is 4.92. The predicted octanol–water partition coefficient (Wildman–Crippen LogP) is 1.42. The minimum Gasteiger partial charge on any atom is -0.495 e. The molecular weight excluding hydrogens is 238 g/mol. The van der Waals surface area contributed by atoms with E-state index in [1.54, 1.807) is 32.3 Å². The molecule has 1 aromatic carbocycles. The molecule has 0 heterocycles. The van der Waals surface area contributed by atoms with Crippen LogP contribution in [0, 0.1) is 0 Å². The van der Waals surface area contributed by atoms with Crippen molar-refractivity contribution >= 4 is 28.9 Å². The summed E-state index contributed by atoms with van der Waals surface area (Å²) in [5.74, 6) is 0.519. The monoisotopic (exact) mass is 253 g/mol. The lowest BCUT2D eigenvalue weighted by molar-refractivity contribution is 0.230. The second-order valence-corrected chi connectivity index (χ2v) is 4.01. The van der Waals surface area contributed by atoms with E-state index in [1.165, 1.54) is 12.0 Å². The Morgan fingerprint density at radius 3 is 2.59 bits per heavy atom. The predicted molar refractivity (Wildman–Crippen MR) is 71.6 cm³/mol. The maximum Gasteiger partial charge on any atom is 0.321 e. The standard InChI is InChI=1S/C11H15N3O2S/c1-14(2)11(15)13-9-7(10(12)17)5-4-6-8(9)16-3/h4-6H,1-3H3,(H2,12,17)(H,13,15). The maximum absolute atomic E-state index is 11.6. The maximum atomic E-state index is 11.6. The third-order valence-electron chi connectivity index (χ3n) is 2.15. The fourth-order valence-corrected chi connectivity index (χ4v) is 1.42. The molecule has 0 bridgehead atoms. The van der Waals surface area contributed by atoms with Crippen molar-refractivity contribution in [1.29, 1.82) is 0 Å². The second-order valence-electron chi connectivity index (χ2n) is 3.57. The molecular formula is C11H15N3O2S. The van der Waals surface area contributed by atoms with Crippen LogP contribution < -0.4 is 15.8 Å². The molecule has 0 atom stereocenters. The molecule has 0 radical (unpaired) electrons. The SMILES string of the molecule is COc1cccc(C(N)=S)c1NC(=O)N(C)C. The molecule has 17 heavy (non-hydrogen) atoms. The molecule has 6 heteroatoms. The molecule has 1 aromatic rings. The highest BCUT2D eigenvalue weighted by Gasteiger charge is 2.14. The van der Waals surface area contributed by atoms with Crippen LogP contribution in [0.3, 0.4) is 0 Å². The van der Waals surface area contributed by atoms with Gasteiger partial charge < -0.3 is 20.7 Å². The van der Waals surface area contributed by atoms with Crippen LogP contribution in [0.4, 0.5) is 10.5 Å². The van der Waals surface area contributed by atoms with E-state index in [1.807, 2.05) is 0 Å². The molecule has 0 aromatic heterocycles. The van der Waals surface area contributed by atoms with Crippen molar-refractivity contribution in [3.63, 3.8) is 0 Å². The van der Waals surface area contributed by atoms with E-state index in [4.69, 9.17) is 22.7 Å². The van der Waals surface area contributed by atoms with Crippen LogP contribution in [-0.4, -0.2) is 37.1 Å². The van der Waals surface area contributed by atoms with Crippen molar-refractivity contribution in [2.45, 2.75) is 0 Å². The van der Waals surface area contributed by atoms with Crippen LogP contribution in [0.2, 0.25) is 0 Å². The van der Waals surface area contributed by atoms with Gasteiger partial charge in [-0.25, -0.2) is 4.79 Å². The van der Waals surface area contributed by atoms with Gasteiger partial charge in [-0.3, -0.25) is 0 Å². The molecule has 2 amide bonds. The van der Waals surface area contributed by atoms with Crippen molar-refractivity contribution < 1.29 is 9.53 Å². The Morgan fingerprint density at radius 2 is 2.12 bits per heavy atom. The molecule has 0 saturated carbocycles. The summed E-state index contributed by atoms with van der Waals surface area (Å²) in [6.45, 7) is 0. The van der Waals surface area contributed by atoms with Gasteiger partial charge in [0.25, 0.3) is 0 Å². The smallest absolute Gasteiger partial charge is 0.321 e. The number of hydrogen-bond acceptors (Lipinski definition) is 3. The van der Waals surface area contributed by atoms with Crippen molar-refractivity contribution in [3.8, 4) is 5.75 Å². The van der Waals surface area contributed by atoms with Crippen molar-refractivity contribution in [3.05, 3.63) is 23.8 Å². The average Bonchev–Trinajstić information content (AvgIpc) is 2.28. The summed E-state index contributed by atoms with van der Waals surface area (Å²) >= 11 is 4.93. The Kier molecular flexibility index (Phi) is 4.28. The third kappa shape index (κ3) is 3.07. The van der Waals surface area contributed by atoms with E-state index in [0.29, 0.717) is 17.0 Å². The zero-order valence-electron chi connectivity index (χ0n) is 9.98. The van der Waals surface area contributed by atoms with E-state index in [2.05, 4.69) is 5.32 Å². The van der Waals surface area contributed by atoms with Crippen LogP contribution in [0.15, 0.2) is 18.2 Å². The lowest BCUT2D eigenvalue weighted by atomic mass is 10.1. The highest BCUT2D eigenvalue weighted by molar-refractivity contribution is 7.80. The zero-order valence-corrected chi connectivity index (χ0v) is 10.8. The van der Waals surface area contributed by atoms with Gasteiger partial charge in [0.2, 0.25) is 0 Å². The number of urea groups is 1. The fraction of sp³-hybridized carbons (Fsp3) is 0.273. The van der Waals surface area contributed by atoms with Crippen LogP contribution in [0.25, 0.3) is 0 Å². The Morgan fingerprint density at radius 1 is 1.47 bits per heavy atom. The van der Waals surface area contributed by atoms with E-state index in [-0.39, 0.29) is 11.0 Å². The first kappa shape index (κ1) is 13.2. The topological polar surface area (TPSA) is 67.6 Å². The van der Waals surface area contributed by atoms with Crippen molar-refractivity contribution in [2.24, 2.45) is 5.73 Å². The highest BCUT2D eigenvalue weighted by atomic mass is 32.1. The molecule has 0 fully saturated rings. The van der Waals surface area contributed by atoms with Crippen LogP contribution in [0.1, 0.15) is 5.56 Å². The number of nitrogens with two attached hydrogens (primary N) is 1. The number of benzene rings is 1. The van der Waals surface area contributed by atoms with E-state index < -0.39 is 0 Å². The normalized spacial score (nSPS) is 9.59. The van der Waals surface area contributed by atoms with Crippen LogP contribution in [-0.2, 0) is 0 Å². The van der Waals surface area contributed by atoms with Gasteiger partial charge in [-0.1, -0.05) is 18.3 Å². The molecule has 0 aliphatic rings. The number of methoxy groups -OCH3 is 1. The lowest BCUT2D eigenvalue weighted by Gasteiger charge is -2.17. The lowest BCUT2D eigenvalue weighted by Crippen LogP contribution is -2.28. The van der Waals surface area contributed by atoms with Gasteiger partial charge >= 0.3 is 6.03 Å². The van der Waals surface area contributed by atoms with Crippen LogP contribution >= 0.6 is 12.2 Å². The summed E-state index contributed by atoms with van der Waals surface area (Å²) in [4.78, 5) is 13.2. The summed E-state index contributed by atoms with van der Waals surface area (Å²) in [6, 6.07) is 4.95. The van der Waals surface area contributed by atoms with Gasteiger partial charge in [-0.15, -0.1) is 0 Å². The molecule has 0 unspecified atom stereocenters. The quantitative estimate of drug-likeness (QED) is 0.800. The first-order valence-corrected chi connectivity index (χ1v) is 5.33. The number of nitrogens with one attached hydrogen (secondary N) is 1. The molecule has 0 saturated heterocycles. The highest BCUT2D eigenvalue weighted by Crippen LogP contribution is 2.28. The number of nitrogens with zero attached hydrogens (tertiary/aromatic N) is 1. The van der Waals surface area contributed by atoms with Gasteiger partial charge in [0, 0.05) is 19.7 Å². The number of amides is 2. The number of rotatable bonds is 3. The van der Waals surface area contributed by atoms with Gasteiger partial charge in [-0.2, -0.15) is 0 Å². The van der Waals surface area contributed by atoms with E-state index in [0.717, 1.165) is 0 Å². The zero-order chi connectivity index (χ0) is 13.0. The molecule has 92 valence electrons. The average molecular weight is 253 g/mol. The van der Waals surface area contributed by atoms with Crippen molar-refractivity contribution in [1.82, 2.24) is 4.90 Å². The Balaban J connectivity index is 3.18. The molecule has 1 rings (SSSR count). The third-order valence-corrected chi connectivity index (χ3v) is 2.37. The summed E-state index contributed by atoms with van der Waals surface area (Å²) in [6.07, 6.45) is 0. The Labute approximate surface area is 106 Å². The van der Waals surface area contributed by atoms with Gasteiger partial charge in [0.15, 0.2) is 0 Å². The first-order chi connectivity index (χ1) is 7.97. The number of ether oxygens (including phenoxy) is 1. The molecule has 0 aliphatic carbocycles. The largest absolute Gasteiger partial charge is 0.495 e. The number of anilines is 1. The minimum absolute atomic E-state index is 0.206. The second kappa shape index (κ2) is 5.49. The van der Waals surface area contributed by atoms with E-state index in [9.17, 15) is 4.79 Å². The number of carbonyl (C=O) groups is 1. The molecule has 3 N–H and O–H groups in total. The Bertz CT molecular complexity index is 446. The molecule has 5 nitrogen and oxygen atoms in total. The summed E-state index contributed by atoms with van der Waals surface area (Å²) < 4.78 is 5.17. The van der Waals surface area contributed by atoms with Gasteiger partial charge in [-0.05, 0) is 12.1 Å². The summed E-state index contributed by atoms with van der Waals surface area (Å²) in [5, 5.41) is 2.71. The molecule has 0 spiro atoms. The number of hydrogen-bond donors (Lipinski definition) is 2.